The van der Waals surface area contributed by atoms with Gasteiger partial charge in [0.2, 0.25) is 5.91 Å². The van der Waals surface area contributed by atoms with Crippen LogP contribution < -0.4 is 5.43 Å². The average Bonchev–Trinajstić information content (AvgIpc) is 2.62. The number of carbonyl (C=O) groups is 1. The maximum Gasteiger partial charge on any atom is 0.250 e. The summed E-state index contributed by atoms with van der Waals surface area (Å²) in [6, 6.07) is 15.0. The average molecular weight is 404 g/mol. The Balaban J connectivity index is 1.58. The molecule has 132 valence electrons. The Kier molecular flexibility index (Phi) is 6.14. The highest BCUT2D eigenvalue weighted by Crippen LogP contribution is 2.23. The van der Waals surface area contributed by atoms with Gasteiger partial charge in [0.15, 0.2) is 0 Å². The monoisotopic (exact) mass is 403 g/mol. The fraction of sp³-hybridized carbons (Fsp3) is 0.105. The van der Waals surface area contributed by atoms with Gasteiger partial charge in [-0.05, 0) is 36.8 Å². The van der Waals surface area contributed by atoms with E-state index in [1.165, 1.54) is 18.0 Å². The molecule has 26 heavy (non-hydrogen) atoms. The molecule has 7 heteroatoms. The van der Waals surface area contributed by atoms with Gasteiger partial charge in [0.25, 0.3) is 0 Å². The zero-order chi connectivity index (χ0) is 18.5. The van der Waals surface area contributed by atoms with Gasteiger partial charge in [-0.25, -0.2) is 10.4 Å². The number of aromatic nitrogens is 1. The smallest absolute Gasteiger partial charge is 0.250 e. The molecule has 0 aliphatic rings. The number of hydrogen-bond donors (Lipinski definition) is 1. The Morgan fingerprint density at radius 2 is 2.04 bits per heavy atom. The summed E-state index contributed by atoms with van der Waals surface area (Å²) in [7, 11) is 0. The number of thioether (sulfide) groups is 1. The fourth-order valence-corrected chi connectivity index (χ4v) is 3.57. The van der Waals surface area contributed by atoms with Crippen molar-refractivity contribution in [3.8, 4) is 0 Å². The lowest BCUT2D eigenvalue weighted by atomic mass is 10.1. The number of carbonyl (C=O) groups excluding carboxylic acids is 1. The summed E-state index contributed by atoms with van der Waals surface area (Å²) in [5.41, 5.74) is 5.22. The first kappa shape index (κ1) is 18.7. The number of hydrazone groups is 1. The van der Waals surface area contributed by atoms with Crippen molar-refractivity contribution in [2.45, 2.75) is 11.9 Å². The lowest BCUT2D eigenvalue weighted by molar-refractivity contribution is -0.118. The summed E-state index contributed by atoms with van der Waals surface area (Å²) in [6.45, 7) is 2.04. The molecule has 3 aromatic rings. The standard InChI is InChI=1S/C19H15Cl2N3OS/c1-12-8-19(23-17-5-3-2-4-15(12)17)26-11-18(25)24-22-10-13-6-7-14(20)9-16(13)21/h2-10H,11H2,1H3,(H,24,25)/b22-10-. The number of hydrogen-bond acceptors (Lipinski definition) is 4. The van der Waals surface area contributed by atoms with E-state index < -0.39 is 0 Å². The van der Waals surface area contributed by atoms with Crippen molar-refractivity contribution in [1.29, 1.82) is 0 Å². The summed E-state index contributed by atoms with van der Waals surface area (Å²) in [6.07, 6.45) is 1.49. The quantitative estimate of drug-likeness (QED) is 0.366. The Morgan fingerprint density at radius 3 is 2.85 bits per heavy atom. The number of rotatable bonds is 5. The van der Waals surface area contributed by atoms with Crippen LogP contribution in [0.1, 0.15) is 11.1 Å². The molecule has 0 fully saturated rings. The van der Waals surface area contributed by atoms with Gasteiger partial charge >= 0.3 is 0 Å². The molecule has 0 spiro atoms. The number of fused-ring (bicyclic) bond motifs is 1. The van der Waals surface area contributed by atoms with Crippen LogP contribution in [-0.4, -0.2) is 22.9 Å². The third kappa shape index (κ3) is 4.75. The van der Waals surface area contributed by atoms with E-state index in [-0.39, 0.29) is 11.7 Å². The van der Waals surface area contributed by atoms with Crippen LogP contribution in [-0.2, 0) is 4.79 Å². The van der Waals surface area contributed by atoms with E-state index >= 15 is 0 Å². The number of nitrogens with zero attached hydrogens (tertiary/aromatic N) is 2. The molecule has 1 amide bonds. The maximum absolute atomic E-state index is 12.0. The number of halogens is 2. The number of benzene rings is 2. The third-order valence-corrected chi connectivity index (χ3v) is 5.08. The van der Waals surface area contributed by atoms with Crippen molar-refractivity contribution in [2.24, 2.45) is 5.10 Å². The zero-order valence-electron chi connectivity index (χ0n) is 13.9. The first-order valence-electron chi connectivity index (χ1n) is 7.79. The van der Waals surface area contributed by atoms with Crippen LogP contribution in [0.15, 0.2) is 58.7 Å². The Hall–Kier alpha value is -2.08. The van der Waals surface area contributed by atoms with Crippen molar-refractivity contribution < 1.29 is 4.79 Å². The van der Waals surface area contributed by atoms with E-state index in [9.17, 15) is 4.79 Å². The maximum atomic E-state index is 12.0. The molecule has 0 aliphatic carbocycles. The van der Waals surface area contributed by atoms with Gasteiger partial charge in [-0.1, -0.05) is 59.2 Å². The lowest BCUT2D eigenvalue weighted by Crippen LogP contribution is -2.19. The molecular formula is C19H15Cl2N3OS. The van der Waals surface area contributed by atoms with E-state index in [0.29, 0.717) is 15.6 Å². The van der Waals surface area contributed by atoms with Crippen LogP contribution in [0.2, 0.25) is 10.0 Å². The second kappa shape index (κ2) is 8.54. The highest BCUT2D eigenvalue weighted by Gasteiger charge is 2.06. The lowest BCUT2D eigenvalue weighted by Gasteiger charge is -2.05. The zero-order valence-corrected chi connectivity index (χ0v) is 16.2. The van der Waals surface area contributed by atoms with E-state index in [0.717, 1.165) is 21.5 Å². The van der Waals surface area contributed by atoms with Gasteiger partial charge in [-0.15, -0.1) is 0 Å². The predicted octanol–water partition coefficient (Wildman–Crippen LogP) is 5.09. The highest BCUT2D eigenvalue weighted by atomic mass is 35.5. The van der Waals surface area contributed by atoms with Crippen molar-refractivity contribution in [3.63, 3.8) is 0 Å². The molecule has 0 aliphatic heterocycles. The molecule has 4 nitrogen and oxygen atoms in total. The third-order valence-electron chi connectivity index (χ3n) is 3.61. The number of nitrogens with one attached hydrogen (secondary N) is 1. The highest BCUT2D eigenvalue weighted by molar-refractivity contribution is 7.99. The normalized spacial score (nSPS) is 11.2. The van der Waals surface area contributed by atoms with Crippen molar-refractivity contribution >= 4 is 58.0 Å². The van der Waals surface area contributed by atoms with Gasteiger partial charge in [-0.3, -0.25) is 4.79 Å². The Bertz CT molecular complexity index is 992. The summed E-state index contributed by atoms with van der Waals surface area (Å²) in [5, 5.41) is 6.87. The van der Waals surface area contributed by atoms with Crippen LogP contribution >= 0.6 is 35.0 Å². The first-order valence-corrected chi connectivity index (χ1v) is 9.53. The molecule has 0 saturated carbocycles. The number of aryl methyl sites for hydroxylation is 1. The molecule has 0 radical (unpaired) electrons. The molecular weight excluding hydrogens is 389 g/mol. The molecule has 0 bridgehead atoms. The first-order chi connectivity index (χ1) is 12.5. The number of para-hydroxylation sites is 1. The molecule has 0 atom stereocenters. The van der Waals surface area contributed by atoms with Crippen LogP contribution in [0.4, 0.5) is 0 Å². The Labute approximate surface area is 165 Å². The molecule has 0 saturated heterocycles. The summed E-state index contributed by atoms with van der Waals surface area (Å²) in [5.74, 6) is 0.000153. The van der Waals surface area contributed by atoms with Crippen molar-refractivity contribution in [1.82, 2.24) is 10.4 Å². The molecule has 2 aromatic carbocycles. The van der Waals surface area contributed by atoms with Crippen LogP contribution in [0.3, 0.4) is 0 Å². The second-order valence-corrected chi connectivity index (χ2v) is 7.38. The number of pyridine rings is 1. The van der Waals surface area contributed by atoms with Crippen LogP contribution in [0, 0.1) is 6.92 Å². The predicted molar refractivity (Wildman–Crippen MR) is 109 cm³/mol. The van der Waals surface area contributed by atoms with E-state index in [1.54, 1.807) is 18.2 Å². The van der Waals surface area contributed by atoms with E-state index in [4.69, 9.17) is 23.2 Å². The van der Waals surface area contributed by atoms with E-state index in [2.05, 4.69) is 15.5 Å². The molecule has 1 N–H and O–H groups in total. The van der Waals surface area contributed by atoms with Crippen LogP contribution in [0.25, 0.3) is 10.9 Å². The van der Waals surface area contributed by atoms with Gasteiger partial charge in [-0.2, -0.15) is 5.10 Å². The molecule has 1 aromatic heterocycles. The minimum Gasteiger partial charge on any atom is -0.272 e. The van der Waals surface area contributed by atoms with Crippen molar-refractivity contribution in [2.75, 3.05) is 5.75 Å². The minimum absolute atomic E-state index is 0.219. The Morgan fingerprint density at radius 1 is 1.23 bits per heavy atom. The molecule has 0 unspecified atom stereocenters. The van der Waals surface area contributed by atoms with Crippen LogP contribution in [0.5, 0.6) is 0 Å². The van der Waals surface area contributed by atoms with Gasteiger partial charge in [0.1, 0.15) is 0 Å². The summed E-state index contributed by atoms with van der Waals surface area (Å²) in [4.78, 5) is 16.5. The van der Waals surface area contributed by atoms with Gasteiger partial charge in [0, 0.05) is 16.0 Å². The minimum atomic E-state index is -0.219. The fourth-order valence-electron chi connectivity index (χ4n) is 2.34. The SMILES string of the molecule is Cc1cc(SCC(=O)N/N=C\c2ccc(Cl)cc2Cl)nc2ccccc12. The van der Waals surface area contributed by atoms with Gasteiger partial charge < -0.3 is 0 Å². The number of amides is 1. The van der Waals surface area contributed by atoms with E-state index in [1.807, 2.05) is 37.3 Å². The van der Waals surface area contributed by atoms with Crippen molar-refractivity contribution in [3.05, 3.63) is 69.7 Å². The van der Waals surface area contributed by atoms with Gasteiger partial charge in [0.05, 0.1) is 27.5 Å². The molecule has 1 heterocycles. The largest absolute Gasteiger partial charge is 0.272 e. The summed E-state index contributed by atoms with van der Waals surface area (Å²) < 4.78 is 0. The molecule has 3 rings (SSSR count). The topological polar surface area (TPSA) is 54.4 Å². The second-order valence-electron chi connectivity index (χ2n) is 5.54. The summed E-state index contributed by atoms with van der Waals surface area (Å²) >= 11 is 13.3.